The quantitative estimate of drug-likeness (QED) is 0.379. The summed E-state index contributed by atoms with van der Waals surface area (Å²) in [6.07, 6.45) is 0.241. The number of ether oxygens (including phenoxy) is 1. The lowest BCUT2D eigenvalue weighted by Crippen LogP contribution is -2.22. The number of nitrogens with one attached hydrogen (secondary N) is 1. The second-order valence-corrected chi connectivity index (χ2v) is 8.25. The molecule has 0 aliphatic carbocycles. The first-order valence-electron chi connectivity index (χ1n) is 11.6. The molecule has 0 spiro atoms. The number of amides is 1. The van der Waals surface area contributed by atoms with Crippen LogP contribution in [0.5, 0.6) is 5.75 Å². The third kappa shape index (κ3) is 7.05. The molecule has 1 amide bonds. The number of nitrogens with zero attached hydrogens (tertiary/aromatic N) is 3. The van der Waals surface area contributed by atoms with Crippen molar-refractivity contribution in [2.24, 2.45) is 5.73 Å². The molecule has 36 heavy (non-hydrogen) atoms. The zero-order valence-electron chi connectivity index (χ0n) is 20.0. The van der Waals surface area contributed by atoms with Gasteiger partial charge in [0.25, 0.3) is 5.91 Å². The SMILES string of the molecule is CO.NC(=O)c1cc(OCCCN2CCCC2)cc2c(NCc3ccc(C(F)(F)F)cc3)ncnc12. The number of aromatic nitrogens is 2. The Morgan fingerprint density at radius 2 is 1.83 bits per heavy atom. The van der Waals surface area contributed by atoms with E-state index in [-0.39, 0.29) is 12.1 Å². The van der Waals surface area contributed by atoms with E-state index in [1.165, 1.54) is 31.3 Å². The Morgan fingerprint density at radius 1 is 1.14 bits per heavy atom. The molecule has 3 aromatic rings. The van der Waals surface area contributed by atoms with Crippen LogP contribution in [0, 0.1) is 0 Å². The minimum absolute atomic E-state index is 0.215. The van der Waals surface area contributed by atoms with E-state index in [1.54, 1.807) is 12.1 Å². The van der Waals surface area contributed by atoms with Crippen LogP contribution in [0.1, 0.15) is 40.7 Å². The van der Waals surface area contributed by atoms with Crippen molar-refractivity contribution >= 4 is 22.6 Å². The van der Waals surface area contributed by atoms with Gasteiger partial charge in [-0.25, -0.2) is 9.97 Å². The highest BCUT2D eigenvalue weighted by Gasteiger charge is 2.29. The monoisotopic (exact) mass is 505 g/mol. The van der Waals surface area contributed by atoms with Crippen molar-refractivity contribution < 1.29 is 27.8 Å². The topological polar surface area (TPSA) is 114 Å². The number of carbonyl (C=O) groups is 1. The first-order chi connectivity index (χ1) is 17.3. The molecule has 0 saturated carbocycles. The van der Waals surface area contributed by atoms with Crippen LogP contribution in [0.2, 0.25) is 0 Å². The largest absolute Gasteiger partial charge is 0.493 e. The van der Waals surface area contributed by atoms with Crippen molar-refractivity contribution in [1.29, 1.82) is 0 Å². The molecule has 1 aliphatic rings. The van der Waals surface area contributed by atoms with Gasteiger partial charge in [0.05, 0.1) is 23.3 Å². The predicted molar refractivity (Wildman–Crippen MR) is 131 cm³/mol. The van der Waals surface area contributed by atoms with Gasteiger partial charge in [-0.2, -0.15) is 13.2 Å². The highest BCUT2D eigenvalue weighted by molar-refractivity contribution is 6.07. The van der Waals surface area contributed by atoms with Gasteiger partial charge in [0.1, 0.15) is 17.9 Å². The highest BCUT2D eigenvalue weighted by atomic mass is 19.4. The number of nitrogens with two attached hydrogens (primary N) is 1. The van der Waals surface area contributed by atoms with Crippen molar-refractivity contribution in [1.82, 2.24) is 14.9 Å². The van der Waals surface area contributed by atoms with E-state index in [4.69, 9.17) is 15.6 Å². The molecule has 0 radical (unpaired) electrons. The van der Waals surface area contributed by atoms with Crippen molar-refractivity contribution in [3.05, 3.63) is 59.4 Å². The van der Waals surface area contributed by atoms with Gasteiger partial charge in [-0.15, -0.1) is 0 Å². The Kier molecular flexibility index (Phi) is 9.43. The zero-order chi connectivity index (χ0) is 26.1. The van der Waals surface area contributed by atoms with E-state index < -0.39 is 17.6 Å². The predicted octanol–water partition coefficient (Wildman–Crippen LogP) is 3.83. The maximum atomic E-state index is 12.8. The van der Waals surface area contributed by atoms with E-state index in [2.05, 4.69) is 20.2 Å². The van der Waals surface area contributed by atoms with Gasteiger partial charge in [0, 0.05) is 25.6 Å². The maximum absolute atomic E-state index is 12.8. The van der Waals surface area contributed by atoms with Gasteiger partial charge < -0.3 is 25.8 Å². The fraction of sp³-hybridized carbons (Fsp3) is 0.400. The number of aliphatic hydroxyl groups excluding tert-OH is 1. The van der Waals surface area contributed by atoms with Crippen LogP contribution in [-0.2, 0) is 12.7 Å². The van der Waals surface area contributed by atoms with Gasteiger partial charge in [-0.05, 0) is 62.2 Å². The van der Waals surface area contributed by atoms with Crippen LogP contribution in [0.3, 0.4) is 0 Å². The summed E-state index contributed by atoms with van der Waals surface area (Å²) < 4.78 is 44.3. The standard InChI is InChI=1S/C24H26F3N5O2.CH4O/c25-24(26,27)17-6-4-16(5-7-17)14-29-23-20-13-18(34-11-3-10-32-8-1-2-9-32)12-19(22(28)33)21(20)30-15-31-23;1-2/h4-7,12-13,15H,1-3,8-11,14H2,(H2,28,33)(H,29,30,31);2H,1H3. The first kappa shape index (κ1) is 27.2. The number of anilines is 1. The van der Waals surface area contributed by atoms with Crippen LogP contribution in [0.25, 0.3) is 10.9 Å². The minimum Gasteiger partial charge on any atom is -0.493 e. The average molecular weight is 506 g/mol. The van der Waals surface area contributed by atoms with E-state index in [0.717, 1.165) is 45.3 Å². The number of aliphatic hydroxyl groups is 1. The molecule has 1 aromatic heterocycles. The van der Waals surface area contributed by atoms with Crippen LogP contribution >= 0.6 is 0 Å². The van der Waals surface area contributed by atoms with E-state index in [9.17, 15) is 18.0 Å². The Morgan fingerprint density at radius 3 is 2.47 bits per heavy atom. The van der Waals surface area contributed by atoms with E-state index >= 15 is 0 Å². The fourth-order valence-corrected chi connectivity index (χ4v) is 4.04. The van der Waals surface area contributed by atoms with Crippen LogP contribution < -0.4 is 15.8 Å². The molecule has 0 unspecified atom stereocenters. The lowest BCUT2D eigenvalue weighted by Gasteiger charge is -2.15. The van der Waals surface area contributed by atoms with Crippen molar-refractivity contribution in [3.63, 3.8) is 0 Å². The number of benzene rings is 2. The molecule has 11 heteroatoms. The van der Waals surface area contributed by atoms with Crippen molar-refractivity contribution in [3.8, 4) is 5.75 Å². The molecule has 1 aliphatic heterocycles. The third-order valence-corrected chi connectivity index (χ3v) is 5.80. The van der Waals surface area contributed by atoms with Crippen molar-refractivity contribution in [2.75, 3.05) is 38.7 Å². The molecule has 1 saturated heterocycles. The highest BCUT2D eigenvalue weighted by Crippen LogP contribution is 2.30. The summed E-state index contributed by atoms with van der Waals surface area (Å²) in [5, 5.41) is 10.7. The molecule has 1 fully saturated rings. The number of primary amides is 1. The summed E-state index contributed by atoms with van der Waals surface area (Å²) in [5.74, 6) is 0.268. The Hall–Kier alpha value is -3.44. The molecule has 4 rings (SSSR count). The molecule has 0 bridgehead atoms. The van der Waals surface area contributed by atoms with E-state index in [1.807, 2.05) is 0 Å². The smallest absolute Gasteiger partial charge is 0.416 e. The van der Waals surface area contributed by atoms with Crippen LogP contribution in [-0.4, -0.2) is 59.2 Å². The minimum atomic E-state index is -4.38. The summed E-state index contributed by atoms with van der Waals surface area (Å²) in [6, 6.07) is 8.20. The zero-order valence-corrected chi connectivity index (χ0v) is 20.0. The Labute approximate surface area is 207 Å². The van der Waals surface area contributed by atoms with Crippen LogP contribution in [0.15, 0.2) is 42.7 Å². The number of halogens is 3. The maximum Gasteiger partial charge on any atom is 0.416 e. The second kappa shape index (κ2) is 12.5. The summed E-state index contributed by atoms with van der Waals surface area (Å²) in [7, 11) is 1.00. The summed E-state index contributed by atoms with van der Waals surface area (Å²) in [4.78, 5) is 22.9. The number of hydrogen-bond donors (Lipinski definition) is 3. The molecule has 194 valence electrons. The first-order valence-corrected chi connectivity index (χ1v) is 11.6. The van der Waals surface area contributed by atoms with Crippen molar-refractivity contribution in [2.45, 2.75) is 32.0 Å². The summed E-state index contributed by atoms with van der Waals surface area (Å²) >= 11 is 0. The second-order valence-electron chi connectivity index (χ2n) is 8.25. The Balaban J connectivity index is 0.00000176. The molecule has 2 heterocycles. The molecule has 8 nitrogen and oxygen atoms in total. The molecule has 2 aromatic carbocycles. The summed E-state index contributed by atoms with van der Waals surface area (Å²) in [6.45, 7) is 3.92. The number of fused-ring (bicyclic) bond motifs is 1. The molecular weight excluding hydrogens is 475 g/mol. The lowest BCUT2D eigenvalue weighted by atomic mass is 10.1. The van der Waals surface area contributed by atoms with Crippen LogP contribution in [0.4, 0.5) is 19.0 Å². The number of alkyl halides is 3. The number of rotatable bonds is 9. The molecular formula is C25H30F3N5O3. The lowest BCUT2D eigenvalue weighted by molar-refractivity contribution is -0.137. The van der Waals surface area contributed by atoms with E-state index in [0.29, 0.717) is 34.6 Å². The van der Waals surface area contributed by atoms with Gasteiger partial charge in [0.2, 0.25) is 0 Å². The van der Waals surface area contributed by atoms with Gasteiger partial charge in [0.15, 0.2) is 0 Å². The van der Waals surface area contributed by atoms with Gasteiger partial charge >= 0.3 is 6.18 Å². The molecule has 4 N–H and O–H groups in total. The number of hydrogen-bond acceptors (Lipinski definition) is 7. The van der Waals surface area contributed by atoms with Gasteiger partial charge in [-0.3, -0.25) is 4.79 Å². The third-order valence-electron chi connectivity index (χ3n) is 5.80. The number of carbonyl (C=O) groups excluding carboxylic acids is 1. The summed E-state index contributed by atoms with van der Waals surface area (Å²) in [5.41, 5.74) is 6.10. The number of likely N-dealkylation sites (tertiary alicyclic amines) is 1. The normalized spacial score (nSPS) is 13.8. The molecule has 0 atom stereocenters. The average Bonchev–Trinajstić information content (AvgIpc) is 3.39. The fourth-order valence-electron chi connectivity index (χ4n) is 4.04. The van der Waals surface area contributed by atoms with Gasteiger partial charge in [-0.1, -0.05) is 12.1 Å². The Bertz CT molecular complexity index is 1150.